The zero-order valence-electron chi connectivity index (χ0n) is 10.7. The van der Waals surface area contributed by atoms with Gasteiger partial charge in [-0.15, -0.1) is 0 Å². The Morgan fingerprint density at radius 1 is 1.00 bits per heavy atom. The number of ether oxygens (including phenoxy) is 1. The van der Waals surface area contributed by atoms with Gasteiger partial charge in [0.05, 0.1) is 16.7 Å². The van der Waals surface area contributed by atoms with Crippen molar-refractivity contribution in [2.24, 2.45) is 0 Å². The second-order valence-electron chi connectivity index (χ2n) is 4.19. The summed E-state index contributed by atoms with van der Waals surface area (Å²) in [5.74, 6) is 0.775. The van der Waals surface area contributed by atoms with Crippen molar-refractivity contribution in [3.05, 3.63) is 69.7 Å². The maximum Gasteiger partial charge on any atom is 0.119 e. The Morgan fingerprint density at radius 3 is 2.40 bits per heavy atom. The molecular weight excluding hydrogens is 295 g/mol. The number of hydrogen-bond donors (Lipinski definition) is 1. The minimum absolute atomic E-state index is 0.0373. The first-order valence-electron chi connectivity index (χ1n) is 6.13. The van der Waals surface area contributed by atoms with E-state index in [1.165, 1.54) is 0 Å². The van der Waals surface area contributed by atoms with Crippen LogP contribution in [0.3, 0.4) is 0 Å². The average molecular weight is 309 g/mol. The van der Waals surface area contributed by atoms with E-state index >= 15 is 0 Å². The summed E-state index contributed by atoms with van der Waals surface area (Å²) in [6.07, 6.45) is 3.54. The number of halogens is 2. The topological polar surface area (TPSA) is 29.5 Å². The molecule has 0 spiro atoms. The number of aliphatic hydroxyl groups excluding tert-OH is 1. The molecule has 0 radical (unpaired) electrons. The van der Waals surface area contributed by atoms with Crippen LogP contribution in [0.1, 0.15) is 11.1 Å². The van der Waals surface area contributed by atoms with E-state index in [0.717, 1.165) is 16.9 Å². The first kappa shape index (κ1) is 14.9. The van der Waals surface area contributed by atoms with Crippen LogP contribution < -0.4 is 4.74 Å². The van der Waals surface area contributed by atoms with Gasteiger partial charge in [-0.3, -0.25) is 0 Å². The summed E-state index contributed by atoms with van der Waals surface area (Å²) in [5.41, 5.74) is 1.98. The lowest BCUT2D eigenvalue weighted by atomic mass is 10.2. The number of hydrogen-bond acceptors (Lipinski definition) is 2. The van der Waals surface area contributed by atoms with E-state index in [1.807, 2.05) is 36.4 Å². The molecule has 0 fully saturated rings. The molecule has 0 amide bonds. The first-order valence-corrected chi connectivity index (χ1v) is 6.89. The van der Waals surface area contributed by atoms with Crippen LogP contribution in [0, 0.1) is 0 Å². The predicted octanol–water partition coefficient (Wildman–Crippen LogP) is 4.58. The van der Waals surface area contributed by atoms with Gasteiger partial charge in [-0.2, -0.15) is 0 Å². The predicted molar refractivity (Wildman–Crippen MR) is 83.4 cm³/mol. The minimum atomic E-state index is 0.0373. The smallest absolute Gasteiger partial charge is 0.119 e. The average Bonchev–Trinajstić information content (AvgIpc) is 2.47. The summed E-state index contributed by atoms with van der Waals surface area (Å²) >= 11 is 11.8. The molecule has 4 heteroatoms. The lowest BCUT2D eigenvalue weighted by Crippen LogP contribution is -1.95. The van der Waals surface area contributed by atoms with E-state index in [1.54, 1.807) is 18.2 Å². The maximum absolute atomic E-state index is 8.70. The molecule has 2 aromatic carbocycles. The van der Waals surface area contributed by atoms with E-state index in [-0.39, 0.29) is 6.61 Å². The summed E-state index contributed by atoms with van der Waals surface area (Å²) in [5, 5.41) is 9.77. The molecule has 2 aromatic rings. The van der Waals surface area contributed by atoms with E-state index in [0.29, 0.717) is 16.7 Å². The van der Waals surface area contributed by atoms with E-state index in [9.17, 15) is 0 Å². The second-order valence-corrected chi connectivity index (χ2v) is 5.01. The molecular formula is C16H14Cl2O2. The monoisotopic (exact) mass is 308 g/mol. The molecule has 0 heterocycles. The van der Waals surface area contributed by atoms with Crippen molar-refractivity contribution in [2.75, 3.05) is 6.61 Å². The molecule has 0 unspecified atom stereocenters. The third-order valence-corrected chi connectivity index (χ3v) is 3.42. The summed E-state index contributed by atoms with van der Waals surface area (Å²) in [6, 6.07) is 13.1. The number of aliphatic hydroxyl groups is 1. The fraction of sp³-hybridized carbons (Fsp3) is 0.125. The van der Waals surface area contributed by atoms with Crippen LogP contribution in [-0.4, -0.2) is 11.7 Å². The molecule has 2 rings (SSSR count). The van der Waals surface area contributed by atoms with Crippen molar-refractivity contribution in [2.45, 2.75) is 6.61 Å². The molecule has 0 aromatic heterocycles. The fourth-order valence-corrected chi connectivity index (χ4v) is 1.98. The highest BCUT2D eigenvalue weighted by atomic mass is 35.5. The van der Waals surface area contributed by atoms with Crippen molar-refractivity contribution >= 4 is 29.3 Å². The van der Waals surface area contributed by atoms with Gasteiger partial charge in [-0.1, -0.05) is 53.6 Å². The lowest BCUT2D eigenvalue weighted by Gasteiger charge is -2.07. The highest BCUT2D eigenvalue weighted by Crippen LogP contribution is 2.23. The van der Waals surface area contributed by atoms with E-state index in [2.05, 4.69) is 0 Å². The molecule has 20 heavy (non-hydrogen) atoms. The summed E-state index contributed by atoms with van der Waals surface area (Å²) in [7, 11) is 0. The quantitative estimate of drug-likeness (QED) is 0.876. The van der Waals surface area contributed by atoms with Crippen LogP contribution in [0.2, 0.25) is 10.0 Å². The SMILES string of the molecule is OCC=Cc1ccc(OCc2ccc(Cl)c(Cl)c2)cc1. The third-order valence-electron chi connectivity index (χ3n) is 2.69. The van der Waals surface area contributed by atoms with Crippen molar-refractivity contribution in [3.63, 3.8) is 0 Å². The molecule has 0 aliphatic carbocycles. The van der Waals surface area contributed by atoms with Crippen LogP contribution in [0.15, 0.2) is 48.5 Å². The molecule has 0 aliphatic rings. The van der Waals surface area contributed by atoms with Crippen molar-refractivity contribution in [3.8, 4) is 5.75 Å². The molecule has 0 saturated carbocycles. The van der Waals surface area contributed by atoms with Gasteiger partial charge in [0.15, 0.2) is 0 Å². The van der Waals surface area contributed by atoms with E-state index in [4.69, 9.17) is 33.0 Å². The van der Waals surface area contributed by atoms with Gasteiger partial charge >= 0.3 is 0 Å². The Labute approximate surface area is 128 Å². The minimum Gasteiger partial charge on any atom is -0.489 e. The Morgan fingerprint density at radius 2 is 1.75 bits per heavy atom. The Hall–Kier alpha value is -1.48. The van der Waals surface area contributed by atoms with Crippen LogP contribution in [0.5, 0.6) is 5.75 Å². The molecule has 1 N–H and O–H groups in total. The molecule has 0 bridgehead atoms. The van der Waals surface area contributed by atoms with Gasteiger partial charge in [0, 0.05) is 0 Å². The second kappa shape index (κ2) is 7.34. The summed E-state index contributed by atoms with van der Waals surface area (Å²) in [6.45, 7) is 0.471. The maximum atomic E-state index is 8.70. The fourth-order valence-electron chi connectivity index (χ4n) is 1.66. The van der Waals surface area contributed by atoms with Crippen molar-refractivity contribution < 1.29 is 9.84 Å². The van der Waals surface area contributed by atoms with Crippen LogP contribution in [0.4, 0.5) is 0 Å². The van der Waals surface area contributed by atoms with Gasteiger partial charge in [-0.25, -0.2) is 0 Å². The third kappa shape index (κ3) is 4.27. The summed E-state index contributed by atoms with van der Waals surface area (Å²) < 4.78 is 5.67. The zero-order chi connectivity index (χ0) is 14.4. The molecule has 2 nitrogen and oxygen atoms in total. The highest BCUT2D eigenvalue weighted by molar-refractivity contribution is 6.42. The van der Waals surface area contributed by atoms with Crippen LogP contribution in [0.25, 0.3) is 6.08 Å². The zero-order valence-corrected chi connectivity index (χ0v) is 12.2. The van der Waals surface area contributed by atoms with Gasteiger partial charge in [0.2, 0.25) is 0 Å². The molecule has 104 valence electrons. The van der Waals surface area contributed by atoms with Gasteiger partial charge in [-0.05, 0) is 35.4 Å². The number of rotatable bonds is 5. The summed E-state index contributed by atoms with van der Waals surface area (Å²) in [4.78, 5) is 0. The Kier molecular flexibility index (Phi) is 5.48. The largest absolute Gasteiger partial charge is 0.489 e. The molecule has 0 saturated heterocycles. The normalized spacial score (nSPS) is 10.9. The lowest BCUT2D eigenvalue weighted by molar-refractivity contribution is 0.306. The van der Waals surface area contributed by atoms with E-state index < -0.39 is 0 Å². The van der Waals surface area contributed by atoms with Crippen molar-refractivity contribution in [1.82, 2.24) is 0 Å². The number of benzene rings is 2. The Balaban J connectivity index is 1.96. The van der Waals surface area contributed by atoms with Crippen LogP contribution in [-0.2, 0) is 6.61 Å². The van der Waals surface area contributed by atoms with Crippen molar-refractivity contribution in [1.29, 1.82) is 0 Å². The highest BCUT2D eigenvalue weighted by Gasteiger charge is 2.00. The first-order chi connectivity index (χ1) is 9.69. The Bertz CT molecular complexity index is 592. The van der Waals surface area contributed by atoms with Crippen LogP contribution >= 0.6 is 23.2 Å². The molecule has 0 aliphatic heterocycles. The molecule has 0 atom stereocenters. The standard InChI is InChI=1S/C16H14Cl2O2/c17-15-8-5-13(10-16(15)18)11-20-14-6-3-12(4-7-14)2-1-9-19/h1-8,10,19H,9,11H2. The van der Waals surface area contributed by atoms with Gasteiger partial charge < -0.3 is 9.84 Å². The van der Waals surface area contributed by atoms with Gasteiger partial charge in [0.25, 0.3) is 0 Å². The van der Waals surface area contributed by atoms with Gasteiger partial charge in [0.1, 0.15) is 12.4 Å².